The molecule has 2 heterocycles. The monoisotopic (exact) mass is 410 g/mol. The number of aromatic nitrogens is 4. The minimum absolute atomic E-state index is 0.296. The van der Waals surface area contributed by atoms with Crippen LogP contribution in [0, 0.1) is 17.2 Å². The number of nitriles is 1. The van der Waals surface area contributed by atoms with Gasteiger partial charge < -0.3 is 10.1 Å². The Morgan fingerprint density at radius 3 is 2.77 bits per heavy atom. The second-order valence-electron chi connectivity index (χ2n) is 7.87. The van der Waals surface area contributed by atoms with Crippen molar-refractivity contribution in [1.82, 2.24) is 20.0 Å². The number of rotatable bonds is 6. The molecule has 4 aromatic rings. The molecule has 0 saturated heterocycles. The van der Waals surface area contributed by atoms with Gasteiger partial charge in [0, 0.05) is 29.4 Å². The van der Waals surface area contributed by atoms with E-state index in [2.05, 4.69) is 33.6 Å². The van der Waals surface area contributed by atoms with Crippen LogP contribution in [0.2, 0.25) is 0 Å². The Labute approximate surface area is 180 Å². The minimum Gasteiger partial charge on any atom is -0.496 e. The largest absolute Gasteiger partial charge is 0.496 e. The number of methoxy groups -OCH3 is 1. The molecule has 0 amide bonds. The molecule has 2 aromatic heterocycles. The minimum atomic E-state index is 0.296. The van der Waals surface area contributed by atoms with Crippen molar-refractivity contribution < 1.29 is 4.74 Å². The fourth-order valence-electron chi connectivity index (χ4n) is 3.93. The molecule has 1 aliphatic carbocycles. The molecule has 0 unspecified atom stereocenters. The molecule has 1 atom stereocenters. The van der Waals surface area contributed by atoms with Crippen LogP contribution >= 0.6 is 0 Å². The van der Waals surface area contributed by atoms with Crippen LogP contribution in [-0.4, -0.2) is 33.1 Å². The van der Waals surface area contributed by atoms with Gasteiger partial charge in [-0.1, -0.05) is 6.07 Å². The first-order valence-corrected chi connectivity index (χ1v) is 10.3. The van der Waals surface area contributed by atoms with Crippen LogP contribution in [0.1, 0.15) is 25.5 Å². The maximum atomic E-state index is 9.55. The van der Waals surface area contributed by atoms with Crippen LogP contribution in [0.3, 0.4) is 0 Å². The summed E-state index contributed by atoms with van der Waals surface area (Å²) >= 11 is 0. The van der Waals surface area contributed by atoms with Crippen LogP contribution in [0.15, 0.2) is 54.9 Å². The molecule has 7 nitrogen and oxygen atoms in total. The number of anilines is 1. The molecular weight excluding hydrogens is 388 g/mol. The average Bonchev–Trinajstić information content (AvgIpc) is 3.52. The topological polar surface area (TPSA) is 88.6 Å². The van der Waals surface area contributed by atoms with E-state index in [0.29, 0.717) is 17.7 Å². The van der Waals surface area contributed by atoms with Crippen LogP contribution in [0.4, 0.5) is 5.69 Å². The summed E-state index contributed by atoms with van der Waals surface area (Å²) in [4.78, 5) is 0. The third kappa shape index (κ3) is 3.57. The number of hydrogen-bond donors (Lipinski definition) is 1. The van der Waals surface area contributed by atoms with Gasteiger partial charge in [-0.25, -0.2) is 4.68 Å². The van der Waals surface area contributed by atoms with Crippen LogP contribution in [-0.2, 0) is 0 Å². The van der Waals surface area contributed by atoms with Crippen molar-refractivity contribution in [3.05, 3.63) is 60.6 Å². The summed E-state index contributed by atoms with van der Waals surface area (Å²) in [6.07, 6.45) is 6.10. The lowest BCUT2D eigenvalue weighted by molar-refractivity contribution is 0.416. The van der Waals surface area contributed by atoms with Crippen molar-refractivity contribution in [2.75, 3.05) is 12.4 Å². The summed E-state index contributed by atoms with van der Waals surface area (Å²) in [5.41, 5.74) is 4.64. The standard InChI is InChI=1S/C24H22N6O/c1-15(16-4-5-16)27-24-19-8-6-17(12-21(19)28-29-22(24)14-25)20-13-18(7-9-23(20)31-2)30-11-3-10-26-30/h3,6-13,15-16H,4-5H2,1-2H3,(H,27,28)/t15-/m1/s1. The Morgan fingerprint density at radius 2 is 2.06 bits per heavy atom. The lowest BCUT2D eigenvalue weighted by atomic mass is 10.0. The Morgan fingerprint density at radius 1 is 1.19 bits per heavy atom. The van der Waals surface area contributed by atoms with E-state index < -0.39 is 0 Å². The Bertz CT molecular complexity index is 1290. The molecule has 1 N–H and O–H groups in total. The van der Waals surface area contributed by atoms with Crippen molar-refractivity contribution in [2.24, 2.45) is 5.92 Å². The molecule has 7 heteroatoms. The summed E-state index contributed by atoms with van der Waals surface area (Å²) < 4.78 is 7.42. The average molecular weight is 410 g/mol. The Kier molecular flexibility index (Phi) is 4.75. The lowest BCUT2D eigenvalue weighted by Crippen LogP contribution is -2.19. The van der Waals surface area contributed by atoms with E-state index in [4.69, 9.17) is 4.74 Å². The maximum Gasteiger partial charge on any atom is 0.186 e. The van der Waals surface area contributed by atoms with Gasteiger partial charge in [-0.15, -0.1) is 10.2 Å². The van der Waals surface area contributed by atoms with E-state index in [1.165, 1.54) is 12.8 Å². The summed E-state index contributed by atoms with van der Waals surface area (Å²) in [5.74, 6) is 1.42. The summed E-state index contributed by atoms with van der Waals surface area (Å²) in [6, 6.07) is 16.3. The quantitative estimate of drug-likeness (QED) is 0.501. The first-order valence-electron chi connectivity index (χ1n) is 10.3. The smallest absolute Gasteiger partial charge is 0.186 e. The molecule has 0 bridgehead atoms. The van der Waals surface area contributed by atoms with E-state index >= 15 is 0 Å². The summed E-state index contributed by atoms with van der Waals surface area (Å²) in [7, 11) is 1.66. The first-order chi connectivity index (χ1) is 15.2. The number of nitrogens with one attached hydrogen (secondary N) is 1. The molecule has 0 aliphatic heterocycles. The van der Waals surface area contributed by atoms with Gasteiger partial charge in [0.05, 0.1) is 24.0 Å². The Balaban J connectivity index is 1.60. The summed E-state index contributed by atoms with van der Waals surface area (Å²) in [5, 5.41) is 26.8. The van der Waals surface area contributed by atoms with Gasteiger partial charge in [0.25, 0.3) is 0 Å². The highest BCUT2D eigenvalue weighted by molar-refractivity contribution is 5.95. The molecule has 31 heavy (non-hydrogen) atoms. The van der Waals surface area contributed by atoms with Crippen LogP contribution < -0.4 is 10.1 Å². The van der Waals surface area contributed by atoms with Gasteiger partial charge in [-0.2, -0.15) is 10.4 Å². The molecule has 2 aromatic carbocycles. The maximum absolute atomic E-state index is 9.55. The van der Waals surface area contributed by atoms with Gasteiger partial charge in [0.2, 0.25) is 0 Å². The third-order valence-electron chi connectivity index (χ3n) is 5.83. The van der Waals surface area contributed by atoms with Crippen LogP contribution in [0.25, 0.3) is 27.7 Å². The SMILES string of the molecule is COc1ccc(-n2cccn2)cc1-c1ccc2c(N[C@H](C)C3CC3)c(C#N)nnc2c1. The summed E-state index contributed by atoms with van der Waals surface area (Å²) in [6.45, 7) is 2.16. The van der Waals surface area contributed by atoms with E-state index in [-0.39, 0.29) is 0 Å². The highest BCUT2D eigenvalue weighted by Crippen LogP contribution is 2.37. The van der Waals surface area contributed by atoms with Crippen molar-refractivity contribution in [3.8, 4) is 28.6 Å². The van der Waals surface area contributed by atoms with Gasteiger partial charge >= 0.3 is 0 Å². The Hall–Kier alpha value is -3.92. The highest BCUT2D eigenvalue weighted by atomic mass is 16.5. The first kappa shape index (κ1) is 19.1. The number of fused-ring (bicyclic) bond motifs is 1. The zero-order chi connectivity index (χ0) is 21.4. The van der Waals surface area contributed by atoms with E-state index in [1.54, 1.807) is 13.3 Å². The fraction of sp³-hybridized carbons (Fsp3) is 0.250. The van der Waals surface area contributed by atoms with Crippen molar-refractivity contribution in [1.29, 1.82) is 5.26 Å². The molecule has 1 saturated carbocycles. The van der Waals surface area contributed by atoms with E-state index in [9.17, 15) is 5.26 Å². The number of ether oxygens (including phenoxy) is 1. The van der Waals surface area contributed by atoms with E-state index in [1.807, 2.05) is 53.3 Å². The third-order valence-corrected chi connectivity index (χ3v) is 5.83. The van der Waals surface area contributed by atoms with Crippen LogP contribution in [0.5, 0.6) is 5.75 Å². The fourth-order valence-corrected chi connectivity index (χ4v) is 3.93. The normalized spacial score (nSPS) is 14.2. The molecule has 1 aliphatic rings. The van der Waals surface area contributed by atoms with Crippen molar-refractivity contribution in [2.45, 2.75) is 25.8 Å². The molecule has 1 fully saturated rings. The van der Waals surface area contributed by atoms with Gasteiger partial charge in [-0.3, -0.25) is 0 Å². The molecule has 0 radical (unpaired) electrons. The predicted molar refractivity (Wildman–Crippen MR) is 119 cm³/mol. The second-order valence-corrected chi connectivity index (χ2v) is 7.87. The zero-order valence-electron chi connectivity index (χ0n) is 17.4. The van der Waals surface area contributed by atoms with Gasteiger partial charge in [0.15, 0.2) is 5.69 Å². The van der Waals surface area contributed by atoms with Gasteiger partial charge in [0.1, 0.15) is 11.8 Å². The number of benzene rings is 2. The number of nitrogens with zero attached hydrogens (tertiary/aromatic N) is 5. The number of hydrogen-bond acceptors (Lipinski definition) is 6. The highest BCUT2D eigenvalue weighted by Gasteiger charge is 2.29. The zero-order valence-corrected chi connectivity index (χ0v) is 17.4. The lowest BCUT2D eigenvalue weighted by Gasteiger charge is -2.17. The molecule has 0 spiro atoms. The predicted octanol–water partition coefficient (Wildman–Crippen LogP) is 4.57. The van der Waals surface area contributed by atoms with Crippen molar-refractivity contribution in [3.63, 3.8) is 0 Å². The molecule has 154 valence electrons. The van der Waals surface area contributed by atoms with Gasteiger partial charge in [-0.05, 0) is 67.6 Å². The molecule has 5 rings (SSSR count). The van der Waals surface area contributed by atoms with E-state index in [0.717, 1.165) is 39.2 Å². The van der Waals surface area contributed by atoms with Crippen molar-refractivity contribution >= 4 is 16.6 Å². The molecular formula is C24H22N6O. The second kappa shape index (κ2) is 7.73.